The minimum absolute atomic E-state index is 0.00355. The molecule has 1 aliphatic rings. The summed E-state index contributed by atoms with van der Waals surface area (Å²) in [7, 11) is 0. The monoisotopic (exact) mass is 252 g/mol. The Morgan fingerprint density at radius 3 is 2.78 bits per heavy atom. The highest BCUT2D eigenvalue weighted by molar-refractivity contribution is 5.72. The van der Waals surface area contributed by atoms with Crippen molar-refractivity contribution in [1.29, 1.82) is 0 Å². The Morgan fingerprint density at radius 1 is 1.39 bits per heavy atom. The van der Waals surface area contributed by atoms with Gasteiger partial charge in [-0.05, 0) is 5.56 Å². The van der Waals surface area contributed by atoms with Crippen molar-refractivity contribution in [3.63, 3.8) is 0 Å². The Hall–Kier alpha value is -1.43. The fourth-order valence-electron chi connectivity index (χ4n) is 1.89. The van der Waals surface area contributed by atoms with Gasteiger partial charge < -0.3 is 19.7 Å². The van der Waals surface area contributed by atoms with E-state index in [1.807, 2.05) is 30.3 Å². The average Bonchev–Trinajstić information content (AvgIpc) is 2.38. The van der Waals surface area contributed by atoms with Gasteiger partial charge in [0.25, 0.3) is 0 Å². The first-order valence-corrected chi connectivity index (χ1v) is 5.85. The first-order chi connectivity index (χ1) is 8.66. The number of aliphatic hydroxyl groups is 1. The van der Waals surface area contributed by atoms with E-state index < -0.39 is 24.3 Å². The maximum atomic E-state index is 10.8. The Labute approximate surface area is 105 Å². The molecular weight excluding hydrogens is 236 g/mol. The van der Waals surface area contributed by atoms with Gasteiger partial charge in [-0.3, -0.25) is 0 Å². The summed E-state index contributed by atoms with van der Waals surface area (Å²) < 4.78 is 10.6. The molecule has 0 spiro atoms. The highest BCUT2D eigenvalue weighted by Crippen LogP contribution is 2.19. The normalized spacial score (nSPS) is 27.9. The van der Waals surface area contributed by atoms with Crippen molar-refractivity contribution in [2.75, 3.05) is 6.61 Å². The number of aliphatic carboxylic acids is 1. The fraction of sp³-hybridized carbons (Fsp3) is 0.462. The van der Waals surface area contributed by atoms with Gasteiger partial charge in [-0.1, -0.05) is 30.3 Å². The zero-order chi connectivity index (χ0) is 13.0. The van der Waals surface area contributed by atoms with Crippen molar-refractivity contribution in [3.05, 3.63) is 35.9 Å². The number of carboxylic acids is 1. The SMILES string of the molecule is O=C(O)C1CC(OCc2ccccc2)C(O)CO1. The summed E-state index contributed by atoms with van der Waals surface area (Å²) in [5, 5.41) is 18.6. The number of carbonyl (C=O) groups is 1. The Morgan fingerprint density at radius 2 is 2.11 bits per heavy atom. The van der Waals surface area contributed by atoms with Gasteiger partial charge in [0.15, 0.2) is 6.10 Å². The molecule has 0 aliphatic carbocycles. The van der Waals surface area contributed by atoms with Crippen LogP contribution in [0.3, 0.4) is 0 Å². The molecule has 1 aromatic carbocycles. The molecule has 1 aromatic rings. The van der Waals surface area contributed by atoms with Crippen LogP contribution in [0.15, 0.2) is 30.3 Å². The lowest BCUT2D eigenvalue weighted by Gasteiger charge is -2.31. The summed E-state index contributed by atoms with van der Waals surface area (Å²) in [6.07, 6.45) is -2.00. The number of aliphatic hydroxyl groups excluding tert-OH is 1. The molecule has 3 atom stereocenters. The number of hydrogen-bond acceptors (Lipinski definition) is 4. The van der Waals surface area contributed by atoms with Crippen molar-refractivity contribution in [1.82, 2.24) is 0 Å². The molecule has 0 radical (unpaired) electrons. The third-order valence-corrected chi connectivity index (χ3v) is 2.93. The van der Waals surface area contributed by atoms with Crippen molar-refractivity contribution >= 4 is 5.97 Å². The first kappa shape index (κ1) is 13.0. The largest absolute Gasteiger partial charge is 0.479 e. The molecule has 2 N–H and O–H groups in total. The molecule has 5 heteroatoms. The van der Waals surface area contributed by atoms with Crippen LogP contribution in [-0.2, 0) is 20.9 Å². The molecule has 3 unspecified atom stereocenters. The van der Waals surface area contributed by atoms with Gasteiger partial charge in [0.1, 0.15) is 6.10 Å². The molecule has 1 fully saturated rings. The minimum Gasteiger partial charge on any atom is -0.479 e. The van der Waals surface area contributed by atoms with Crippen LogP contribution in [0.5, 0.6) is 0 Å². The van der Waals surface area contributed by atoms with E-state index in [1.165, 1.54) is 0 Å². The number of hydrogen-bond donors (Lipinski definition) is 2. The lowest BCUT2D eigenvalue weighted by atomic mass is 10.0. The van der Waals surface area contributed by atoms with Crippen molar-refractivity contribution in [3.8, 4) is 0 Å². The van der Waals surface area contributed by atoms with Gasteiger partial charge in [-0.25, -0.2) is 4.79 Å². The minimum atomic E-state index is -1.02. The van der Waals surface area contributed by atoms with Crippen LogP contribution in [0, 0.1) is 0 Å². The van der Waals surface area contributed by atoms with E-state index in [4.69, 9.17) is 14.6 Å². The molecule has 0 aromatic heterocycles. The predicted octanol–water partition coefficient (Wildman–Crippen LogP) is 0.806. The molecule has 18 heavy (non-hydrogen) atoms. The summed E-state index contributed by atoms with van der Waals surface area (Å²) in [5.74, 6) is -1.02. The van der Waals surface area contributed by atoms with Crippen LogP contribution in [0.1, 0.15) is 12.0 Å². The second kappa shape index (κ2) is 5.95. The van der Waals surface area contributed by atoms with Crippen LogP contribution in [0.25, 0.3) is 0 Å². The van der Waals surface area contributed by atoms with Gasteiger partial charge in [-0.15, -0.1) is 0 Å². The summed E-state index contributed by atoms with van der Waals surface area (Å²) in [6, 6.07) is 9.55. The second-order valence-corrected chi connectivity index (χ2v) is 4.30. The summed E-state index contributed by atoms with van der Waals surface area (Å²) in [4.78, 5) is 10.8. The Balaban J connectivity index is 1.89. The smallest absolute Gasteiger partial charge is 0.332 e. The average molecular weight is 252 g/mol. The molecule has 0 bridgehead atoms. The number of benzene rings is 1. The fourth-order valence-corrected chi connectivity index (χ4v) is 1.89. The summed E-state index contributed by atoms with van der Waals surface area (Å²) in [5.41, 5.74) is 0.989. The zero-order valence-corrected chi connectivity index (χ0v) is 9.86. The maximum Gasteiger partial charge on any atom is 0.332 e. The standard InChI is InChI=1S/C13H16O5/c14-10-8-18-12(13(15)16)6-11(10)17-7-9-4-2-1-3-5-9/h1-5,10-12,14H,6-8H2,(H,15,16). The maximum absolute atomic E-state index is 10.8. The van der Waals surface area contributed by atoms with E-state index in [-0.39, 0.29) is 13.0 Å². The van der Waals surface area contributed by atoms with Gasteiger partial charge in [0, 0.05) is 6.42 Å². The zero-order valence-electron chi connectivity index (χ0n) is 9.86. The van der Waals surface area contributed by atoms with Gasteiger partial charge in [0.2, 0.25) is 0 Å². The van der Waals surface area contributed by atoms with Gasteiger partial charge >= 0.3 is 5.97 Å². The van der Waals surface area contributed by atoms with E-state index in [0.717, 1.165) is 5.56 Å². The van der Waals surface area contributed by atoms with E-state index >= 15 is 0 Å². The van der Waals surface area contributed by atoms with Crippen LogP contribution >= 0.6 is 0 Å². The molecule has 1 saturated heterocycles. The van der Waals surface area contributed by atoms with E-state index in [2.05, 4.69) is 0 Å². The Bertz CT molecular complexity index is 392. The van der Waals surface area contributed by atoms with E-state index in [0.29, 0.717) is 6.61 Å². The molecule has 0 saturated carbocycles. The third kappa shape index (κ3) is 3.29. The lowest BCUT2D eigenvalue weighted by molar-refractivity contribution is -0.176. The van der Waals surface area contributed by atoms with Crippen molar-refractivity contribution in [2.45, 2.75) is 31.3 Å². The van der Waals surface area contributed by atoms with Crippen molar-refractivity contribution in [2.24, 2.45) is 0 Å². The van der Waals surface area contributed by atoms with Gasteiger partial charge in [0.05, 0.1) is 19.3 Å². The number of rotatable bonds is 4. The molecule has 0 amide bonds. The molecule has 98 valence electrons. The number of ether oxygens (including phenoxy) is 2. The summed E-state index contributed by atoms with van der Waals surface area (Å²) >= 11 is 0. The predicted molar refractivity (Wildman–Crippen MR) is 63.0 cm³/mol. The van der Waals surface area contributed by atoms with Gasteiger partial charge in [-0.2, -0.15) is 0 Å². The molecule has 1 heterocycles. The molecule has 2 rings (SSSR count). The molecular formula is C13H16O5. The third-order valence-electron chi connectivity index (χ3n) is 2.93. The lowest BCUT2D eigenvalue weighted by Crippen LogP contribution is -2.45. The first-order valence-electron chi connectivity index (χ1n) is 5.85. The van der Waals surface area contributed by atoms with Crippen LogP contribution in [0.2, 0.25) is 0 Å². The van der Waals surface area contributed by atoms with E-state index in [1.54, 1.807) is 0 Å². The highest BCUT2D eigenvalue weighted by atomic mass is 16.5. The summed E-state index contributed by atoms with van der Waals surface area (Å²) in [6.45, 7) is 0.353. The van der Waals surface area contributed by atoms with E-state index in [9.17, 15) is 9.90 Å². The highest BCUT2D eigenvalue weighted by Gasteiger charge is 2.34. The molecule has 5 nitrogen and oxygen atoms in total. The Kier molecular flexibility index (Phi) is 4.30. The quantitative estimate of drug-likeness (QED) is 0.829. The topological polar surface area (TPSA) is 76.0 Å². The van der Waals surface area contributed by atoms with Crippen LogP contribution in [0.4, 0.5) is 0 Å². The molecule has 1 aliphatic heterocycles. The number of carboxylic acid groups (broad SMARTS) is 1. The van der Waals surface area contributed by atoms with Crippen molar-refractivity contribution < 1.29 is 24.5 Å². The van der Waals surface area contributed by atoms with Crippen LogP contribution < -0.4 is 0 Å². The second-order valence-electron chi connectivity index (χ2n) is 4.30. The van der Waals surface area contributed by atoms with Crippen LogP contribution in [-0.4, -0.2) is 41.1 Å².